The summed E-state index contributed by atoms with van der Waals surface area (Å²) < 4.78 is 43.2. The Labute approximate surface area is 171 Å². The van der Waals surface area contributed by atoms with Gasteiger partial charge in [0, 0.05) is 31.2 Å². The van der Waals surface area contributed by atoms with Crippen molar-refractivity contribution in [3.05, 3.63) is 75.6 Å². The molecule has 0 amide bonds. The zero-order valence-electron chi connectivity index (χ0n) is 16.8. The molecule has 0 radical (unpaired) electrons. The molecular weight excluding hydrogens is 397 g/mol. The fourth-order valence-electron chi connectivity index (χ4n) is 3.50. The van der Waals surface area contributed by atoms with Crippen molar-refractivity contribution >= 4 is 16.6 Å². The van der Waals surface area contributed by atoms with Crippen molar-refractivity contribution in [2.75, 3.05) is 11.9 Å². The first-order chi connectivity index (χ1) is 14.0. The van der Waals surface area contributed by atoms with Crippen molar-refractivity contribution in [3.8, 4) is 0 Å². The molecule has 0 bridgehead atoms. The highest BCUT2D eigenvalue weighted by atomic mass is 19.4. The van der Waals surface area contributed by atoms with Gasteiger partial charge in [-0.1, -0.05) is 30.3 Å². The van der Waals surface area contributed by atoms with Crippen LogP contribution in [0.4, 0.5) is 18.9 Å². The number of halogens is 3. The Kier molecular flexibility index (Phi) is 5.92. The second-order valence-electron chi connectivity index (χ2n) is 7.51. The fourth-order valence-corrected chi connectivity index (χ4v) is 3.50. The van der Waals surface area contributed by atoms with Crippen LogP contribution >= 0.6 is 0 Å². The van der Waals surface area contributed by atoms with Crippen LogP contribution in [0.3, 0.4) is 0 Å². The maximum Gasteiger partial charge on any atom is 0.418 e. The summed E-state index contributed by atoms with van der Waals surface area (Å²) in [6, 6.07) is 11.0. The molecule has 0 saturated heterocycles. The van der Waals surface area contributed by atoms with E-state index < -0.39 is 23.5 Å². The molecule has 8 heteroatoms. The summed E-state index contributed by atoms with van der Waals surface area (Å²) >= 11 is 0. The molecule has 3 rings (SSSR count). The van der Waals surface area contributed by atoms with E-state index in [2.05, 4.69) is 0 Å². The Morgan fingerprint density at radius 3 is 2.27 bits per heavy atom. The molecule has 2 aromatic carbocycles. The van der Waals surface area contributed by atoms with Crippen molar-refractivity contribution in [2.24, 2.45) is 0 Å². The summed E-state index contributed by atoms with van der Waals surface area (Å²) in [5.74, 6) is 0. The lowest BCUT2D eigenvalue weighted by Crippen LogP contribution is -2.24. The van der Waals surface area contributed by atoms with Crippen molar-refractivity contribution in [1.82, 2.24) is 4.57 Å². The van der Waals surface area contributed by atoms with E-state index in [9.17, 15) is 28.2 Å². The van der Waals surface area contributed by atoms with Crippen molar-refractivity contribution < 1.29 is 23.4 Å². The highest BCUT2D eigenvalue weighted by molar-refractivity contribution is 5.85. The summed E-state index contributed by atoms with van der Waals surface area (Å²) in [5, 5.41) is 18.8. The van der Waals surface area contributed by atoms with Gasteiger partial charge in [-0.2, -0.15) is 13.2 Å². The zero-order valence-corrected chi connectivity index (χ0v) is 16.8. The second kappa shape index (κ2) is 8.12. The molecule has 2 N–H and O–H groups in total. The van der Waals surface area contributed by atoms with Crippen LogP contribution in [-0.4, -0.2) is 21.8 Å². The van der Waals surface area contributed by atoms with Crippen LogP contribution in [0.25, 0.3) is 10.9 Å². The number of aliphatic hydroxyl groups is 2. The topological polar surface area (TPSA) is 65.7 Å². The summed E-state index contributed by atoms with van der Waals surface area (Å²) in [6.45, 7) is 3.83. The van der Waals surface area contributed by atoms with Gasteiger partial charge in [0.2, 0.25) is 0 Å². The lowest BCUT2D eigenvalue weighted by atomic mass is 10.0. The molecule has 1 heterocycles. The van der Waals surface area contributed by atoms with Gasteiger partial charge >= 0.3 is 6.18 Å². The maximum atomic E-state index is 13.9. The molecule has 30 heavy (non-hydrogen) atoms. The van der Waals surface area contributed by atoms with E-state index in [-0.39, 0.29) is 29.2 Å². The number of hydrogen-bond donors (Lipinski definition) is 2. The molecule has 0 aliphatic carbocycles. The predicted molar refractivity (Wildman–Crippen MR) is 109 cm³/mol. The summed E-state index contributed by atoms with van der Waals surface area (Å²) in [7, 11) is 1.56. The third-order valence-corrected chi connectivity index (χ3v) is 4.99. The van der Waals surface area contributed by atoms with Crippen LogP contribution in [0, 0.1) is 0 Å². The predicted octanol–water partition coefficient (Wildman–Crippen LogP) is 4.22. The molecule has 5 nitrogen and oxygen atoms in total. The van der Waals surface area contributed by atoms with Crippen LogP contribution in [-0.2, 0) is 12.7 Å². The zero-order chi connectivity index (χ0) is 22.2. The number of aromatic nitrogens is 1. The molecule has 0 fully saturated rings. The van der Waals surface area contributed by atoms with E-state index in [1.807, 2.05) is 30.3 Å². The molecule has 0 unspecified atom stereocenters. The van der Waals surface area contributed by atoms with E-state index in [4.69, 9.17) is 0 Å². The molecule has 0 aliphatic heterocycles. The lowest BCUT2D eigenvalue weighted by Gasteiger charge is -2.26. The molecular formula is C22H23F3N2O3. The molecule has 0 atom stereocenters. The number of alkyl halides is 3. The fraction of sp³-hybridized carbons (Fsp3) is 0.318. The average molecular weight is 420 g/mol. The van der Waals surface area contributed by atoms with Gasteiger partial charge in [-0.05, 0) is 31.5 Å². The average Bonchev–Trinajstić information content (AvgIpc) is 2.67. The first kappa shape index (κ1) is 21.9. The highest BCUT2D eigenvalue weighted by Gasteiger charge is 2.35. The van der Waals surface area contributed by atoms with Gasteiger partial charge in [0.15, 0.2) is 11.7 Å². The summed E-state index contributed by atoms with van der Waals surface area (Å²) in [5.41, 5.74) is -1.08. The number of fused-ring (bicyclic) bond motifs is 1. The second-order valence-corrected chi connectivity index (χ2v) is 7.51. The molecule has 3 aromatic rings. The van der Waals surface area contributed by atoms with Crippen molar-refractivity contribution in [2.45, 2.75) is 38.9 Å². The molecule has 0 spiro atoms. The van der Waals surface area contributed by atoms with Gasteiger partial charge in [0.1, 0.15) is 0 Å². The minimum atomic E-state index is -4.70. The number of hydrogen-bond acceptors (Lipinski definition) is 4. The van der Waals surface area contributed by atoms with Gasteiger partial charge < -0.3 is 19.7 Å². The third-order valence-electron chi connectivity index (χ3n) is 4.99. The van der Waals surface area contributed by atoms with Crippen molar-refractivity contribution in [3.63, 3.8) is 0 Å². The van der Waals surface area contributed by atoms with Crippen molar-refractivity contribution in [1.29, 1.82) is 0 Å². The van der Waals surface area contributed by atoms with E-state index >= 15 is 0 Å². The Hall–Kier alpha value is -2.84. The number of aliphatic hydroxyl groups excluding tert-OH is 1. The third kappa shape index (κ3) is 4.20. The minimum absolute atomic E-state index is 0.0649. The first-order valence-electron chi connectivity index (χ1n) is 9.42. The monoisotopic (exact) mass is 420 g/mol. The highest BCUT2D eigenvalue weighted by Crippen LogP contribution is 2.39. The quantitative estimate of drug-likeness (QED) is 0.607. The van der Waals surface area contributed by atoms with Crippen LogP contribution in [0.5, 0.6) is 0 Å². The number of anilines is 1. The standard InChI is InChI=1S/C22H23F3N2O3/c1-13(2)27-12-16(21(29)30)20(28)15-9-17(22(23,24)25)19(10-18(15)27)26(3)11-14-7-5-4-6-8-14/h4-10,12-13,21,29-30H,11H2,1-3H3. The van der Waals surface area contributed by atoms with E-state index in [1.54, 1.807) is 25.5 Å². The first-order valence-corrected chi connectivity index (χ1v) is 9.42. The van der Waals surface area contributed by atoms with Gasteiger partial charge in [0.05, 0.1) is 22.3 Å². The van der Waals surface area contributed by atoms with E-state index in [1.165, 1.54) is 17.2 Å². The smallest absolute Gasteiger partial charge is 0.370 e. The lowest BCUT2D eigenvalue weighted by molar-refractivity contribution is -0.137. The van der Waals surface area contributed by atoms with Crippen LogP contribution < -0.4 is 10.3 Å². The van der Waals surface area contributed by atoms with Crippen LogP contribution in [0.15, 0.2) is 53.5 Å². The largest absolute Gasteiger partial charge is 0.418 e. The van der Waals surface area contributed by atoms with E-state index in [0.29, 0.717) is 5.52 Å². The summed E-state index contributed by atoms with van der Waals surface area (Å²) in [6.07, 6.45) is -5.49. The van der Waals surface area contributed by atoms with Gasteiger partial charge in [0.25, 0.3) is 0 Å². The van der Waals surface area contributed by atoms with E-state index in [0.717, 1.165) is 11.6 Å². The number of nitrogens with zero attached hydrogens (tertiary/aromatic N) is 2. The van der Waals surface area contributed by atoms with Crippen LogP contribution in [0.1, 0.15) is 42.9 Å². The van der Waals surface area contributed by atoms with Gasteiger partial charge in [-0.3, -0.25) is 4.79 Å². The minimum Gasteiger partial charge on any atom is -0.370 e. The molecule has 160 valence electrons. The normalized spacial score (nSPS) is 12.2. The van der Waals surface area contributed by atoms with Crippen LogP contribution in [0.2, 0.25) is 0 Å². The number of rotatable bonds is 5. The van der Waals surface area contributed by atoms with Gasteiger partial charge in [-0.25, -0.2) is 0 Å². The number of pyridine rings is 1. The number of benzene rings is 2. The Bertz CT molecular complexity index is 1110. The summed E-state index contributed by atoms with van der Waals surface area (Å²) in [4.78, 5) is 14.2. The Morgan fingerprint density at radius 1 is 1.10 bits per heavy atom. The molecule has 1 aromatic heterocycles. The van der Waals surface area contributed by atoms with Gasteiger partial charge in [-0.15, -0.1) is 0 Å². The molecule has 0 saturated carbocycles. The molecule has 0 aliphatic rings. The Morgan fingerprint density at radius 2 is 1.73 bits per heavy atom. The Balaban J connectivity index is 2.30. The maximum absolute atomic E-state index is 13.9. The SMILES string of the molecule is CC(C)n1cc(C(O)O)c(=O)c2cc(C(F)(F)F)c(N(C)Cc3ccccc3)cc21.